The molecule has 166 valence electrons. The van der Waals surface area contributed by atoms with E-state index in [4.69, 9.17) is 0 Å². The normalized spacial score (nSPS) is 17.0. The second-order valence-corrected chi connectivity index (χ2v) is 8.98. The third-order valence-corrected chi connectivity index (χ3v) is 6.02. The van der Waals surface area contributed by atoms with E-state index >= 15 is 0 Å². The van der Waals surface area contributed by atoms with Crippen molar-refractivity contribution in [1.29, 1.82) is 0 Å². The highest BCUT2D eigenvalue weighted by molar-refractivity contribution is 6.21. The Bertz CT molecular complexity index is 910. The van der Waals surface area contributed by atoms with E-state index in [0.29, 0.717) is 0 Å². The SMILES string of the molecule is CC(C)=CCCC(C)=CCC/C(C)=C/Cc1cccc2c1C(N1CCNCC1)=NC2=O. The third-order valence-electron chi connectivity index (χ3n) is 6.02. The van der Waals surface area contributed by atoms with Crippen LogP contribution < -0.4 is 5.32 Å². The van der Waals surface area contributed by atoms with Crippen molar-refractivity contribution in [2.75, 3.05) is 26.2 Å². The molecule has 2 heterocycles. The summed E-state index contributed by atoms with van der Waals surface area (Å²) in [6.45, 7) is 12.4. The molecule has 1 N–H and O–H groups in total. The van der Waals surface area contributed by atoms with E-state index < -0.39 is 0 Å². The van der Waals surface area contributed by atoms with Crippen molar-refractivity contribution in [2.24, 2.45) is 4.99 Å². The van der Waals surface area contributed by atoms with Crippen LogP contribution in [-0.2, 0) is 6.42 Å². The molecule has 1 fully saturated rings. The molecule has 1 amide bonds. The van der Waals surface area contributed by atoms with Crippen LogP contribution in [0.5, 0.6) is 0 Å². The number of hydrogen-bond donors (Lipinski definition) is 1. The predicted octanol–water partition coefficient (Wildman–Crippen LogP) is 5.45. The quantitative estimate of drug-likeness (QED) is 0.570. The standard InChI is InChI=1S/C27H37N3O/c1-20(2)8-5-9-21(3)10-6-11-22(4)14-15-23-12-7-13-24-25(23)26(29-27(24)31)30-18-16-28-17-19-30/h7-8,10,12-14,28H,5-6,9,11,15-19H2,1-4H3/b21-10?,22-14+. The summed E-state index contributed by atoms with van der Waals surface area (Å²) in [5, 5.41) is 3.37. The maximum absolute atomic E-state index is 12.5. The van der Waals surface area contributed by atoms with Crippen LogP contribution in [-0.4, -0.2) is 42.8 Å². The summed E-state index contributed by atoms with van der Waals surface area (Å²) in [7, 11) is 0. The van der Waals surface area contributed by atoms with Crippen LogP contribution in [0.3, 0.4) is 0 Å². The average molecular weight is 420 g/mol. The van der Waals surface area contributed by atoms with Gasteiger partial charge in [0.25, 0.3) is 5.91 Å². The Labute approximate surface area is 187 Å². The zero-order valence-electron chi connectivity index (χ0n) is 19.6. The topological polar surface area (TPSA) is 44.7 Å². The monoisotopic (exact) mass is 419 g/mol. The number of carbonyl (C=O) groups is 1. The minimum absolute atomic E-state index is 0.0974. The van der Waals surface area contributed by atoms with Gasteiger partial charge in [0.2, 0.25) is 0 Å². The van der Waals surface area contributed by atoms with Gasteiger partial charge in [-0.15, -0.1) is 0 Å². The van der Waals surface area contributed by atoms with Crippen molar-refractivity contribution in [3.63, 3.8) is 0 Å². The fourth-order valence-electron chi connectivity index (χ4n) is 4.15. The molecule has 0 atom stereocenters. The van der Waals surface area contributed by atoms with E-state index in [9.17, 15) is 4.79 Å². The Morgan fingerprint density at radius 2 is 1.68 bits per heavy atom. The van der Waals surface area contributed by atoms with Crippen LogP contribution >= 0.6 is 0 Å². The van der Waals surface area contributed by atoms with Gasteiger partial charge < -0.3 is 10.2 Å². The molecule has 0 unspecified atom stereocenters. The molecule has 0 radical (unpaired) electrons. The molecule has 1 aromatic rings. The van der Waals surface area contributed by atoms with Gasteiger partial charge in [0.15, 0.2) is 0 Å². The first kappa shape index (κ1) is 23.2. The lowest BCUT2D eigenvalue weighted by atomic mass is 9.97. The summed E-state index contributed by atoms with van der Waals surface area (Å²) >= 11 is 0. The third kappa shape index (κ3) is 6.51. The molecule has 1 saturated heterocycles. The number of allylic oxidation sites excluding steroid dienone is 6. The van der Waals surface area contributed by atoms with E-state index in [1.807, 2.05) is 12.1 Å². The summed E-state index contributed by atoms with van der Waals surface area (Å²) in [6, 6.07) is 6.05. The summed E-state index contributed by atoms with van der Waals surface area (Å²) in [5.74, 6) is 0.776. The molecule has 3 rings (SSSR count). The van der Waals surface area contributed by atoms with Crippen LogP contribution in [0.15, 0.2) is 58.1 Å². The summed E-state index contributed by atoms with van der Waals surface area (Å²) in [6.07, 6.45) is 12.3. The molecule has 0 aromatic heterocycles. The highest BCUT2D eigenvalue weighted by Crippen LogP contribution is 2.26. The van der Waals surface area contributed by atoms with Crippen molar-refractivity contribution in [1.82, 2.24) is 10.2 Å². The van der Waals surface area contributed by atoms with Gasteiger partial charge in [0.1, 0.15) is 5.84 Å². The number of nitrogens with zero attached hydrogens (tertiary/aromatic N) is 2. The number of fused-ring (bicyclic) bond motifs is 1. The van der Waals surface area contributed by atoms with Crippen molar-refractivity contribution in [3.8, 4) is 0 Å². The molecular formula is C27H37N3O. The fraction of sp³-hybridized carbons (Fsp3) is 0.481. The molecule has 2 aliphatic rings. The number of nitrogens with one attached hydrogen (secondary N) is 1. The highest BCUT2D eigenvalue weighted by Gasteiger charge is 2.29. The number of amidine groups is 1. The van der Waals surface area contributed by atoms with Crippen LogP contribution in [0, 0.1) is 0 Å². The van der Waals surface area contributed by atoms with Gasteiger partial charge in [0, 0.05) is 31.7 Å². The minimum atomic E-state index is -0.0974. The first-order chi connectivity index (χ1) is 15.0. The van der Waals surface area contributed by atoms with Crippen molar-refractivity contribution >= 4 is 11.7 Å². The maximum Gasteiger partial charge on any atom is 0.279 e. The van der Waals surface area contributed by atoms with Gasteiger partial charge >= 0.3 is 0 Å². The lowest BCUT2D eigenvalue weighted by Gasteiger charge is -2.29. The molecule has 4 nitrogen and oxygen atoms in total. The van der Waals surface area contributed by atoms with E-state index in [1.165, 1.54) is 22.3 Å². The first-order valence-corrected chi connectivity index (χ1v) is 11.6. The van der Waals surface area contributed by atoms with Gasteiger partial charge in [-0.1, -0.05) is 47.1 Å². The summed E-state index contributed by atoms with van der Waals surface area (Å²) in [5.41, 5.74) is 7.28. The summed E-state index contributed by atoms with van der Waals surface area (Å²) < 4.78 is 0. The summed E-state index contributed by atoms with van der Waals surface area (Å²) in [4.78, 5) is 19.1. The molecule has 1 aromatic carbocycles. The Morgan fingerprint density at radius 3 is 2.39 bits per heavy atom. The lowest BCUT2D eigenvalue weighted by Crippen LogP contribution is -2.46. The second kappa shape index (κ2) is 11.2. The largest absolute Gasteiger partial charge is 0.353 e. The van der Waals surface area contributed by atoms with Crippen LogP contribution in [0.2, 0.25) is 0 Å². The van der Waals surface area contributed by atoms with Gasteiger partial charge in [-0.25, -0.2) is 0 Å². The second-order valence-electron chi connectivity index (χ2n) is 8.98. The van der Waals surface area contributed by atoms with Crippen LogP contribution in [0.4, 0.5) is 0 Å². The van der Waals surface area contributed by atoms with Gasteiger partial charge in [-0.05, 0) is 71.4 Å². The zero-order chi connectivity index (χ0) is 22.2. The van der Waals surface area contributed by atoms with Crippen molar-refractivity contribution in [2.45, 2.75) is 59.8 Å². The number of carbonyl (C=O) groups excluding carboxylic acids is 1. The van der Waals surface area contributed by atoms with Crippen molar-refractivity contribution in [3.05, 3.63) is 69.8 Å². The number of amides is 1. The average Bonchev–Trinajstić information content (AvgIpc) is 3.10. The fourth-order valence-corrected chi connectivity index (χ4v) is 4.15. The Kier molecular flexibility index (Phi) is 8.42. The zero-order valence-corrected chi connectivity index (χ0v) is 19.6. The lowest BCUT2D eigenvalue weighted by molar-refractivity contribution is 0.101. The maximum atomic E-state index is 12.5. The molecular weight excluding hydrogens is 382 g/mol. The molecule has 4 heteroatoms. The molecule has 0 aliphatic carbocycles. The van der Waals surface area contributed by atoms with Crippen LogP contribution in [0.25, 0.3) is 0 Å². The molecule has 31 heavy (non-hydrogen) atoms. The molecule has 0 saturated carbocycles. The minimum Gasteiger partial charge on any atom is -0.353 e. The van der Waals surface area contributed by atoms with E-state index in [2.05, 4.69) is 67.2 Å². The number of hydrogen-bond acceptors (Lipinski definition) is 3. The number of aliphatic imine (C=N–C) groups is 1. The smallest absolute Gasteiger partial charge is 0.279 e. The molecule has 0 bridgehead atoms. The van der Waals surface area contributed by atoms with E-state index in [0.717, 1.165) is 75.2 Å². The Balaban J connectivity index is 1.62. The van der Waals surface area contributed by atoms with Gasteiger partial charge in [0.05, 0.1) is 5.56 Å². The first-order valence-electron chi connectivity index (χ1n) is 11.6. The van der Waals surface area contributed by atoms with Crippen molar-refractivity contribution < 1.29 is 4.79 Å². The molecule has 2 aliphatic heterocycles. The van der Waals surface area contributed by atoms with Crippen LogP contribution in [0.1, 0.15) is 74.9 Å². The Morgan fingerprint density at radius 1 is 1.00 bits per heavy atom. The number of rotatable bonds is 8. The highest BCUT2D eigenvalue weighted by atomic mass is 16.1. The Hall–Kier alpha value is -2.46. The van der Waals surface area contributed by atoms with Gasteiger partial charge in [-0.3, -0.25) is 4.79 Å². The predicted molar refractivity (Wildman–Crippen MR) is 131 cm³/mol. The molecule has 0 spiro atoms. The van der Waals surface area contributed by atoms with Gasteiger partial charge in [-0.2, -0.15) is 4.99 Å². The van der Waals surface area contributed by atoms with E-state index in [1.54, 1.807) is 0 Å². The number of benzene rings is 1. The van der Waals surface area contributed by atoms with E-state index in [-0.39, 0.29) is 5.91 Å². The number of piperazine rings is 1.